The third-order valence-corrected chi connectivity index (χ3v) is 10.7. The van der Waals surface area contributed by atoms with Gasteiger partial charge in [-0.05, 0) is 43.5 Å². The van der Waals surface area contributed by atoms with Crippen LogP contribution in [0.3, 0.4) is 0 Å². The van der Waals surface area contributed by atoms with E-state index >= 15 is 0 Å². The number of amides is 7. The Morgan fingerprint density at radius 1 is 0.939 bits per heavy atom. The minimum absolute atomic E-state index is 0.0244. The highest BCUT2D eigenvalue weighted by Crippen LogP contribution is 2.35. The number of hydrogen-bond donors (Lipinski definition) is 6. The zero-order chi connectivity index (χ0) is 47.0. The lowest BCUT2D eigenvalue weighted by Crippen LogP contribution is -2.54. The van der Waals surface area contributed by atoms with Crippen LogP contribution in [0.1, 0.15) is 79.0 Å². The predicted octanol–water partition coefficient (Wildman–Crippen LogP) is 2.05. The number of benzene rings is 1. The molecule has 3 aromatic heterocycles. The molecule has 0 spiro atoms. The molecule has 22 nitrogen and oxygen atoms in total. The van der Waals surface area contributed by atoms with E-state index in [1.807, 2.05) is 0 Å². The normalized spacial score (nSPS) is 16.6. The molecule has 3 aliphatic heterocycles. The van der Waals surface area contributed by atoms with Gasteiger partial charge in [-0.2, -0.15) is 18.3 Å². The van der Waals surface area contributed by atoms with E-state index in [4.69, 9.17) is 24.4 Å². The summed E-state index contributed by atoms with van der Waals surface area (Å²) in [6.07, 6.45) is -1.19. The zero-order valence-corrected chi connectivity index (χ0v) is 35.0. The van der Waals surface area contributed by atoms with Crippen LogP contribution in [0.15, 0.2) is 47.2 Å². The van der Waals surface area contributed by atoms with Gasteiger partial charge in [-0.15, -0.1) is 0 Å². The summed E-state index contributed by atoms with van der Waals surface area (Å²) >= 11 is 0. The first kappa shape index (κ1) is 46.7. The molecule has 1 atom stereocenters. The average Bonchev–Trinajstić information content (AvgIpc) is 4.02. The van der Waals surface area contributed by atoms with Crippen LogP contribution in [-0.2, 0) is 28.6 Å². The molecule has 66 heavy (non-hydrogen) atoms. The van der Waals surface area contributed by atoms with Gasteiger partial charge in [0.15, 0.2) is 11.4 Å². The predicted molar refractivity (Wildman–Crippen MR) is 222 cm³/mol. The molecule has 2 fully saturated rings. The number of carbonyl (C=O) groups is 7. The highest BCUT2D eigenvalue weighted by atomic mass is 19.4. The Morgan fingerprint density at radius 2 is 1.68 bits per heavy atom. The van der Waals surface area contributed by atoms with E-state index in [2.05, 4.69) is 41.4 Å². The Labute approximate surface area is 372 Å². The van der Waals surface area contributed by atoms with E-state index in [1.165, 1.54) is 24.4 Å². The number of likely N-dealkylation sites (tertiary alicyclic amines) is 1. The number of hydrogen-bond acceptors (Lipinski definition) is 16. The smallest absolute Gasteiger partial charge is 0.405 e. The number of alkyl halides is 3. The van der Waals surface area contributed by atoms with Gasteiger partial charge in [0.1, 0.15) is 31.3 Å². The first-order valence-electron chi connectivity index (χ1n) is 20.7. The number of ether oxygens (including phenoxy) is 3. The first-order valence-corrected chi connectivity index (χ1v) is 20.7. The highest BCUT2D eigenvalue weighted by molar-refractivity contribution is 6.25. The fraction of sp³-hybridized carbons (Fsp3) is 0.415. The molecule has 25 heteroatoms. The quantitative estimate of drug-likeness (QED) is 0.0546. The fourth-order valence-electron chi connectivity index (χ4n) is 7.52. The van der Waals surface area contributed by atoms with Crippen molar-refractivity contribution >= 4 is 58.5 Å². The van der Waals surface area contributed by atoms with Gasteiger partial charge in [0.05, 0.1) is 55.5 Å². The van der Waals surface area contributed by atoms with Crippen LogP contribution < -0.4 is 27.0 Å². The lowest BCUT2D eigenvalue weighted by molar-refractivity contribution is -0.138. The number of pyridine rings is 1. The second-order valence-corrected chi connectivity index (χ2v) is 15.2. The second kappa shape index (κ2) is 20.7. The van der Waals surface area contributed by atoms with Gasteiger partial charge < -0.3 is 45.2 Å². The molecular formula is C41H44F3N11O11. The molecule has 0 bridgehead atoms. The molecular weight excluding hydrogens is 880 g/mol. The van der Waals surface area contributed by atoms with Crippen LogP contribution in [-0.4, -0.2) is 149 Å². The topological polar surface area (TPSA) is 295 Å². The number of aromatic amines is 1. The fourth-order valence-corrected chi connectivity index (χ4v) is 7.52. The van der Waals surface area contributed by atoms with Crippen molar-refractivity contribution in [1.29, 1.82) is 0 Å². The Balaban J connectivity index is 0.784. The summed E-state index contributed by atoms with van der Waals surface area (Å²) in [5.41, 5.74) is 6.58. The number of anilines is 3. The van der Waals surface area contributed by atoms with Crippen molar-refractivity contribution in [1.82, 2.24) is 35.3 Å². The largest absolute Gasteiger partial charge is 0.444 e. The van der Waals surface area contributed by atoms with E-state index in [9.17, 15) is 46.7 Å². The molecule has 1 aromatic carbocycles. The number of H-pyrrole nitrogens is 1. The summed E-state index contributed by atoms with van der Waals surface area (Å²) in [4.78, 5) is 99.2. The van der Waals surface area contributed by atoms with E-state index < -0.39 is 54.2 Å². The molecule has 6 heterocycles. The number of halogens is 3. The molecule has 7 rings (SSSR count). The lowest BCUT2D eigenvalue weighted by Gasteiger charge is -2.32. The zero-order valence-electron chi connectivity index (χ0n) is 35.0. The SMILES string of the molecule is NC(=O)c1n[nH]c(C2CCN(C(=O)COCCOCCOCCNc3cccc4c3C(=O)N(C3CCC(=O)NC3=O)C4=O)CC2)c1NC(=O)c1coc(-c2ccnc(NCC(F)(F)F)c2)n1. The average molecular weight is 924 g/mol. The molecule has 3 aliphatic rings. The third kappa shape index (κ3) is 11.2. The molecule has 1 unspecified atom stereocenters. The van der Waals surface area contributed by atoms with Crippen LogP contribution >= 0.6 is 0 Å². The third-order valence-electron chi connectivity index (χ3n) is 10.7. The van der Waals surface area contributed by atoms with Crippen molar-refractivity contribution in [2.45, 2.75) is 43.8 Å². The Kier molecular flexibility index (Phi) is 14.7. The Bertz CT molecular complexity index is 2490. The molecule has 0 saturated carbocycles. The Hall–Kier alpha value is -7.25. The monoisotopic (exact) mass is 923 g/mol. The molecule has 2 saturated heterocycles. The summed E-state index contributed by atoms with van der Waals surface area (Å²) in [6, 6.07) is 6.44. The Morgan fingerprint density at radius 3 is 2.41 bits per heavy atom. The molecule has 4 aromatic rings. The van der Waals surface area contributed by atoms with Crippen molar-refractivity contribution in [3.63, 3.8) is 0 Å². The number of nitrogens with two attached hydrogens (primary N) is 1. The van der Waals surface area contributed by atoms with Crippen LogP contribution in [0.5, 0.6) is 0 Å². The van der Waals surface area contributed by atoms with Crippen molar-refractivity contribution in [3.05, 3.63) is 71.0 Å². The summed E-state index contributed by atoms with van der Waals surface area (Å²) in [7, 11) is 0. The van der Waals surface area contributed by atoms with Gasteiger partial charge in [0, 0.05) is 49.4 Å². The first-order chi connectivity index (χ1) is 31.7. The highest BCUT2D eigenvalue weighted by Gasteiger charge is 2.45. The van der Waals surface area contributed by atoms with Crippen molar-refractivity contribution in [2.24, 2.45) is 5.73 Å². The summed E-state index contributed by atoms with van der Waals surface area (Å²) in [5.74, 6) is -4.67. The van der Waals surface area contributed by atoms with Crippen LogP contribution in [0.4, 0.5) is 30.4 Å². The summed E-state index contributed by atoms with van der Waals surface area (Å²) < 4.78 is 60.0. The molecule has 350 valence electrons. The van der Waals surface area contributed by atoms with Crippen LogP contribution in [0.2, 0.25) is 0 Å². The van der Waals surface area contributed by atoms with E-state index in [0.29, 0.717) is 43.9 Å². The van der Waals surface area contributed by atoms with Gasteiger partial charge in [-0.25, -0.2) is 9.97 Å². The number of aromatic nitrogens is 4. The van der Waals surface area contributed by atoms with Gasteiger partial charge in [-0.3, -0.25) is 48.9 Å². The maximum Gasteiger partial charge on any atom is 0.405 e. The summed E-state index contributed by atoms with van der Waals surface area (Å²) in [5, 5.41) is 16.9. The number of piperidine rings is 2. The minimum Gasteiger partial charge on any atom is -0.444 e. The number of nitrogens with zero attached hydrogens (tertiary/aromatic N) is 5. The number of rotatable bonds is 20. The summed E-state index contributed by atoms with van der Waals surface area (Å²) in [6.45, 7) is 0.582. The van der Waals surface area contributed by atoms with Crippen LogP contribution in [0, 0.1) is 0 Å². The molecule has 7 N–H and O–H groups in total. The maximum atomic E-state index is 13.3. The number of carbonyl (C=O) groups excluding carboxylic acids is 7. The van der Waals surface area contributed by atoms with Crippen molar-refractivity contribution in [3.8, 4) is 11.5 Å². The maximum absolute atomic E-state index is 13.3. The van der Waals surface area contributed by atoms with E-state index in [1.54, 1.807) is 17.0 Å². The van der Waals surface area contributed by atoms with Gasteiger partial charge >= 0.3 is 6.18 Å². The minimum atomic E-state index is -4.47. The second-order valence-electron chi connectivity index (χ2n) is 15.2. The van der Waals surface area contributed by atoms with Gasteiger partial charge in [-0.1, -0.05) is 6.07 Å². The van der Waals surface area contributed by atoms with E-state index in [-0.39, 0.29) is 110 Å². The molecule has 0 aliphatic carbocycles. The number of nitrogens with one attached hydrogen (secondary N) is 5. The lowest BCUT2D eigenvalue weighted by atomic mass is 9.92. The standard InChI is InChI=1S/C41H44F3N11O11/c42-41(43,44)21-48-28-18-23(6-9-47-28)38-49-26(19-66-38)36(59)51-33-32(52-53-34(33)35(45)58)22-7-11-54(12-8-22)30(57)20-65-17-16-64-15-14-63-13-10-46-25-3-1-2-24-31(25)40(62)55(39(24)61)27-4-5-29(56)50-37(27)60/h1-3,6,9,18-19,22,27,46H,4-5,7-8,10-17,20-21H2,(H2,45,58)(H,47,48)(H,51,59)(H,52,53)(H,50,56,60). The number of fused-ring (bicyclic) bond motifs is 1. The number of imide groups is 2. The number of oxazole rings is 1. The van der Waals surface area contributed by atoms with E-state index in [0.717, 1.165) is 11.2 Å². The molecule has 7 amide bonds. The number of primary amides is 1. The van der Waals surface area contributed by atoms with Gasteiger partial charge in [0.2, 0.25) is 23.6 Å². The van der Waals surface area contributed by atoms with Gasteiger partial charge in [0.25, 0.3) is 23.6 Å². The van der Waals surface area contributed by atoms with Crippen LogP contribution in [0.25, 0.3) is 11.5 Å². The van der Waals surface area contributed by atoms with Crippen molar-refractivity contribution in [2.75, 3.05) is 81.8 Å². The van der Waals surface area contributed by atoms with Crippen molar-refractivity contribution < 1.29 is 65.4 Å². The molecule has 0 radical (unpaired) electrons.